The standard InChI is InChI=1S/C11H20N2O4/c1-8(9(14)16-2)13-10(15)11(7-12)3-5-17-6-4-11/h8H,3-7,12H2,1-2H3,(H,13,15). The monoisotopic (exact) mass is 244 g/mol. The molecular weight excluding hydrogens is 224 g/mol. The normalized spacial score (nSPS) is 20.4. The van der Waals surface area contributed by atoms with Gasteiger partial charge >= 0.3 is 5.97 Å². The molecule has 1 aliphatic rings. The van der Waals surface area contributed by atoms with Gasteiger partial charge in [0.1, 0.15) is 6.04 Å². The first-order chi connectivity index (χ1) is 8.05. The molecule has 0 saturated carbocycles. The van der Waals surface area contributed by atoms with E-state index >= 15 is 0 Å². The molecule has 1 fully saturated rings. The third kappa shape index (κ3) is 3.17. The number of amides is 1. The first-order valence-corrected chi connectivity index (χ1v) is 5.72. The second-order valence-corrected chi connectivity index (χ2v) is 4.32. The number of methoxy groups -OCH3 is 1. The summed E-state index contributed by atoms with van der Waals surface area (Å²) in [5, 5.41) is 2.64. The molecule has 1 saturated heterocycles. The van der Waals surface area contributed by atoms with Gasteiger partial charge in [0.25, 0.3) is 0 Å². The highest BCUT2D eigenvalue weighted by Crippen LogP contribution is 2.29. The average Bonchev–Trinajstić information content (AvgIpc) is 2.38. The molecule has 1 unspecified atom stereocenters. The number of hydrogen-bond donors (Lipinski definition) is 2. The van der Waals surface area contributed by atoms with Crippen molar-refractivity contribution in [1.82, 2.24) is 5.32 Å². The summed E-state index contributed by atoms with van der Waals surface area (Å²) in [5.74, 6) is -0.654. The van der Waals surface area contributed by atoms with Crippen molar-refractivity contribution in [2.45, 2.75) is 25.8 Å². The fourth-order valence-corrected chi connectivity index (χ4v) is 1.87. The fourth-order valence-electron chi connectivity index (χ4n) is 1.87. The minimum atomic E-state index is -0.654. The van der Waals surface area contributed by atoms with Gasteiger partial charge in [0, 0.05) is 19.8 Å². The van der Waals surface area contributed by atoms with Crippen LogP contribution < -0.4 is 11.1 Å². The smallest absolute Gasteiger partial charge is 0.328 e. The van der Waals surface area contributed by atoms with Crippen LogP contribution >= 0.6 is 0 Å². The minimum Gasteiger partial charge on any atom is -0.467 e. The van der Waals surface area contributed by atoms with Crippen LogP contribution in [0.4, 0.5) is 0 Å². The van der Waals surface area contributed by atoms with E-state index in [1.165, 1.54) is 7.11 Å². The number of nitrogens with two attached hydrogens (primary N) is 1. The van der Waals surface area contributed by atoms with Crippen molar-refractivity contribution >= 4 is 11.9 Å². The molecule has 0 aromatic rings. The maximum absolute atomic E-state index is 12.1. The first-order valence-electron chi connectivity index (χ1n) is 5.72. The van der Waals surface area contributed by atoms with Crippen LogP contribution in [0.3, 0.4) is 0 Å². The van der Waals surface area contributed by atoms with Gasteiger partial charge < -0.3 is 20.5 Å². The second kappa shape index (κ2) is 5.97. The Morgan fingerprint density at radius 2 is 2.06 bits per heavy atom. The van der Waals surface area contributed by atoms with Crippen LogP contribution in [0.2, 0.25) is 0 Å². The summed E-state index contributed by atoms with van der Waals surface area (Å²) in [4.78, 5) is 23.4. The van der Waals surface area contributed by atoms with E-state index in [-0.39, 0.29) is 12.5 Å². The molecule has 0 aliphatic carbocycles. The molecule has 1 heterocycles. The fraction of sp³-hybridized carbons (Fsp3) is 0.818. The highest BCUT2D eigenvalue weighted by Gasteiger charge is 2.39. The highest BCUT2D eigenvalue weighted by molar-refractivity contribution is 5.88. The number of carbonyl (C=O) groups is 2. The SMILES string of the molecule is COC(=O)C(C)NC(=O)C1(CN)CCOCC1. The van der Waals surface area contributed by atoms with E-state index in [1.54, 1.807) is 6.92 Å². The third-order valence-corrected chi connectivity index (χ3v) is 3.22. The van der Waals surface area contributed by atoms with E-state index in [0.29, 0.717) is 26.1 Å². The van der Waals surface area contributed by atoms with E-state index in [2.05, 4.69) is 10.1 Å². The zero-order chi connectivity index (χ0) is 12.9. The summed E-state index contributed by atoms with van der Waals surface area (Å²) >= 11 is 0. The molecule has 0 radical (unpaired) electrons. The largest absolute Gasteiger partial charge is 0.467 e. The van der Waals surface area contributed by atoms with Crippen LogP contribution in [0, 0.1) is 5.41 Å². The van der Waals surface area contributed by atoms with Crippen LogP contribution in [-0.2, 0) is 19.1 Å². The van der Waals surface area contributed by atoms with Gasteiger partial charge in [0.15, 0.2) is 0 Å². The Morgan fingerprint density at radius 1 is 1.47 bits per heavy atom. The zero-order valence-electron chi connectivity index (χ0n) is 10.3. The summed E-state index contributed by atoms with van der Waals surface area (Å²) in [5.41, 5.74) is 5.08. The molecule has 1 atom stereocenters. The lowest BCUT2D eigenvalue weighted by Crippen LogP contribution is -2.52. The maximum atomic E-state index is 12.1. The number of rotatable bonds is 4. The quantitative estimate of drug-likeness (QED) is 0.646. The summed E-state index contributed by atoms with van der Waals surface area (Å²) in [6.07, 6.45) is 1.17. The number of carbonyl (C=O) groups excluding carboxylic acids is 2. The molecule has 0 bridgehead atoms. The van der Waals surface area contributed by atoms with Gasteiger partial charge in [-0.1, -0.05) is 0 Å². The number of ether oxygens (including phenoxy) is 2. The second-order valence-electron chi connectivity index (χ2n) is 4.32. The molecule has 6 nitrogen and oxygen atoms in total. The van der Waals surface area contributed by atoms with E-state index in [4.69, 9.17) is 10.5 Å². The highest BCUT2D eigenvalue weighted by atomic mass is 16.5. The van der Waals surface area contributed by atoms with Gasteiger partial charge in [-0.3, -0.25) is 4.79 Å². The molecule has 6 heteroatoms. The molecule has 1 amide bonds. The van der Waals surface area contributed by atoms with Crippen LogP contribution in [-0.4, -0.2) is 44.8 Å². The Hall–Kier alpha value is -1.14. The Kier molecular flexibility index (Phi) is 4.89. The topological polar surface area (TPSA) is 90.7 Å². The van der Waals surface area contributed by atoms with E-state index < -0.39 is 17.4 Å². The van der Waals surface area contributed by atoms with Gasteiger partial charge in [-0.05, 0) is 19.8 Å². The van der Waals surface area contributed by atoms with Crippen LogP contribution in [0.5, 0.6) is 0 Å². The minimum absolute atomic E-state index is 0.193. The summed E-state index contributed by atoms with van der Waals surface area (Å²) in [6, 6.07) is -0.654. The molecule has 17 heavy (non-hydrogen) atoms. The third-order valence-electron chi connectivity index (χ3n) is 3.22. The molecule has 0 aromatic carbocycles. The van der Waals surface area contributed by atoms with Crippen molar-refractivity contribution in [1.29, 1.82) is 0 Å². The van der Waals surface area contributed by atoms with Gasteiger partial charge in [-0.25, -0.2) is 4.79 Å². The van der Waals surface area contributed by atoms with Gasteiger partial charge in [0.2, 0.25) is 5.91 Å². The predicted molar refractivity (Wildman–Crippen MR) is 61.2 cm³/mol. The van der Waals surface area contributed by atoms with Crippen molar-refractivity contribution in [3.8, 4) is 0 Å². The summed E-state index contributed by atoms with van der Waals surface area (Å²) in [6.45, 7) is 2.90. The van der Waals surface area contributed by atoms with Gasteiger partial charge in [0.05, 0.1) is 12.5 Å². The first kappa shape index (κ1) is 13.9. The maximum Gasteiger partial charge on any atom is 0.328 e. The van der Waals surface area contributed by atoms with Crippen molar-refractivity contribution in [3.05, 3.63) is 0 Å². The van der Waals surface area contributed by atoms with Crippen LogP contribution in [0.1, 0.15) is 19.8 Å². The van der Waals surface area contributed by atoms with Crippen molar-refractivity contribution < 1.29 is 19.1 Å². The molecule has 0 spiro atoms. The summed E-state index contributed by atoms with van der Waals surface area (Å²) < 4.78 is 9.78. The Bertz CT molecular complexity index is 287. The van der Waals surface area contributed by atoms with Crippen molar-refractivity contribution in [2.24, 2.45) is 11.1 Å². The lowest BCUT2D eigenvalue weighted by atomic mass is 9.79. The lowest BCUT2D eigenvalue weighted by Gasteiger charge is -2.35. The van der Waals surface area contributed by atoms with E-state index in [0.717, 1.165) is 0 Å². The average molecular weight is 244 g/mol. The summed E-state index contributed by atoms with van der Waals surface area (Å²) in [7, 11) is 1.29. The molecule has 1 rings (SSSR count). The Labute approximate surface area is 101 Å². The molecule has 1 aliphatic heterocycles. The number of hydrogen-bond acceptors (Lipinski definition) is 5. The zero-order valence-corrected chi connectivity index (χ0v) is 10.3. The molecular formula is C11H20N2O4. The number of nitrogens with one attached hydrogen (secondary N) is 1. The van der Waals surface area contributed by atoms with Crippen molar-refractivity contribution in [3.63, 3.8) is 0 Å². The van der Waals surface area contributed by atoms with Gasteiger partial charge in [-0.15, -0.1) is 0 Å². The predicted octanol–water partition coefficient (Wildman–Crippen LogP) is -0.580. The van der Waals surface area contributed by atoms with E-state index in [1.807, 2.05) is 0 Å². The Balaban J connectivity index is 2.63. The van der Waals surface area contributed by atoms with Gasteiger partial charge in [-0.2, -0.15) is 0 Å². The molecule has 3 N–H and O–H groups in total. The number of esters is 1. The van der Waals surface area contributed by atoms with Crippen molar-refractivity contribution in [2.75, 3.05) is 26.9 Å². The molecule has 0 aromatic heterocycles. The van der Waals surface area contributed by atoms with Crippen LogP contribution in [0.25, 0.3) is 0 Å². The molecule has 98 valence electrons. The van der Waals surface area contributed by atoms with E-state index in [9.17, 15) is 9.59 Å². The Morgan fingerprint density at radius 3 is 2.53 bits per heavy atom. The lowest BCUT2D eigenvalue weighted by molar-refractivity contribution is -0.147. The van der Waals surface area contributed by atoms with Crippen LogP contribution in [0.15, 0.2) is 0 Å².